The summed E-state index contributed by atoms with van der Waals surface area (Å²) >= 11 is 0. The first-order valence-corrected chi connectivity index (χ1v) is 8.36. The fraction of sp³-hybridized carbons (Fsp3) is 0.444. The van der Waals surface area contributed by atoms with E-state index in [1.54, 1.807) is 6.20 Å². The van der Waals surface area contributed by atoms with Crippen LogP contribution in [0, 0.1) is 0 Å². The van der Waals surface area contributed by atoms with Crippen molar-refractivity contribution in [2.45, 2.75) is 32.4 Å². The number of carbonyl (C=O) groups is 1. The molecule has 5 nitrogen and oxygen atoms in total. The van der Waals surface area contributed by atoms with Gasteiger partial charge >= 0.3 is 0 Å². The van der Waals surface area contributed by atoms with Gasteiger partial charge in [0.2, 0.25) is 0 Å². The normalized spacial score (nSPS) is 16.6. The molecule has 1 saturated heterocycles. The van der Waals surface area contributed by atoms with E-state index in [-0.39, 0.29) is 18.3 Å². The first-order chi connectivity index (χ1) is 11.3. The predicted octanol–water partition coefficient (Wildman–Crippen LogP) is 2.57. The van der Waals surface area contributed by atoms with Crippen LogP contribution in [0.15, 0.2) is 42.7 Å². The molecule has 1 N–H and O–H groups in total. The first kappa shape index (κ1) is 18.5. The van der Waals surface area contributed by atoms with Gasteiger partial charge in [-0.2, -0.15) is 5.10 Å². The number of halogens is 1. The average molecular weight is 349 g/mol. The number of amides is 1. The molecule has 0 bridgehead atoms. The van der Waals surface area contributed by atoms with Gasteiger partial charge in [0.15, 0.2) is 0 Å². The molecule has 1 amide bonds. The highest BCUT2D eigenvalue weighted by Gasteiger charge is 2.27. The van der Waals surface area contributed by atoms with Crippen LogP contribution in [-0.2, 0) is 6.54 Å². The molecule has 1 fully saturated rings. The number of nitrogens with zero attached hydrogens (tertiary/aromatic N) is 3. The number of hydrogen-bond acceptors (Lipinski definition) is 3. The average Bonchev–Trinajstić information content (AvgIpc) is 3.25. The Bertz CT molecular complexity index is 637. The van der Waals surface area contributed by atoms with E-state index >= 15 is 0 Å². The summed E-state index contributed by atoms with van der Waals surface area (Å²) in [6.07, 6.45) is 5.56. The zero-order valence-corrected chi connectivity index (χ0v) is 14.8. The minimum Gasteiger partial charge on any atom is -0.334 e. The van der Waals surface area contributed by atoms with Gasteiger partial charge in [0.25, 0.3) is 5.91 Å². The summed E-state index contributed by atoms with van der Waals surface area (Å²) in [6, 6.07) is 10.5. The topological polar surface area (TPSA) is 50.2 Å². The Morgan fingerprint density at radius 3 is 2.83 bits per heavy atom. The Balaban J connectivity index is 0.00000208. The van der Waals surface area contributed by atoms with E-state index < -0.39 is 0 Å². The van der Waals surface area contributed by atoms with Gasteiger partial charge < -0.3 is 10.2 Å². The Hall–Kier alpha value is -1.85. The van der Waals surface area contributed by atoms with Crippen LogP contribution in [0.3, 0.4) is 0 Å². The second-order valence-electron chi connectivity index (χ2n) is 6.06. The number of nitrogens with one attached hydrogen (secondary N) is 1. The molecule has 1 aliphatic rings. The molecule has 2 aromatic rings. The van der Waals surface area contributed by atoms with Crippen molar-refractivity contribution in [1.29, 1.82) is 0 Å². The lowest BCUT2D eigenvalue weighted by molar-refractivity contribution is 0.0692. The van der Waals surface area contributed by atoms with Crippen molar-refractivity contribution >= 4 is 18.3 Å². The van der Waals surface area contributed by atoms with Gasteiger partial charge in [-0.05, 0) is 24.9 Å². The number of carbonyl (C=O) groups excluding carboxylic acids is 1. The molecule has 24 heavy (non-hydrogen) atoms. The van der Waals surface area contributed by atoms with E-state index in [0.29, 0.717) is 18.2 Å². The summed E-state index contributed by atoms with van der Waals surface area (Å²) in [5.74, 6) is 0.0971. The molecule has 1 aromatic carbocycles. The van der Waals surface area contributed by atoms with E-state index in [0.717, 1.165) is 32.5 Å². The molecular weight excluding hydrogens is 324 g/mol. The summed E-state index contributed by atoms with van der Waals surface area (Å²) in [5.41, 5.74) is 1.86. The van der Waals surface area contributed by atoms with E-state index in [4.69, 9.17) is 0 Å². The van der Waals surface area contributed by atoms with Crippen LogP contribution in [0.4, 0.5) is 0 Å². The summed E-state index contributed by atoms with van der Waals surface area (Å²) in [6.45, 7) is 5.48. The third-order valence-corrected chi connectivity index (χ3v) is 4.27. The van der Waals surface area contributed by atoms with Crippen LogP contribution >= 0.6 is 12.4 Å². The summed E-state index contributed by atoms with van der Waals surface area (Å²) in [7, 11) is 0. The van der Waals surface area contributed by atoms with Gasteiger partial charge in [0.1, 0.15) is 0 Å². The van der Waals surface area contributed by atoms with Crippen LogP contribution in [0.1, 0.15) is 35.7 Å². The molecule has 0 radical (unpaired) electrons. The minimum atomic E-state index is 0. The van der Waals surface area contributed by atoms with Gasteiger partial charge in [-0.25, -0.2) is 0 Å². The molecule has 1 atom stereocenters. The van der Waals surface area contributed by atoms with E-state index in [9.17, 15) is 4.79 Å². The van der Waals surface area contributed by atoms with Gasteiger partial charge in [-0.1, -0.05) is 37.3 Å². The highest BCUT2D eigenvalue weighted by atomic mass is 35.5. The maximum Gasteiger partial charge on any atom is 0.257 e. The number of rotatable bonds is 6. The standard InChI is InChI=1S/C18H24N4O.ClH/c1-2-10-22(17-8-9-19-12-17)18(23)16-11-20-21(14-16)13-15-6-4-3-5-7-15;/h3-7,11,14,17,19H,2,8-10,12-13H2,1H3;1H. The smallest absolute Gasteiger partial charge is 0.257 e. The number of hydrogen-bond donors (Lipinski definition) is 1. The van der Waals surface area contributed by atoms with Crippen LogP contribution in [0.25, 0.3) is 0 Å². The van der Waals surface area contributed by atoms with Crippen molar-refractivity contribution in [3.8, 4) is 0 Å². The SMILES string of the molecule is CCCN(C(=O)c1cnn(Cc2ccccc2)c1)C1CCNC1.Cl. The molecule has 0 spiro atoms. The number of benzene rings is 1. The zero-order valence-electron chi connectivity index (χ0n) is 14.0. The van der Waals surface area contributed by atoms with Crippen LogP contribution in [-0.4, -0.2) is 46.3 Å². The van der Waals surface area contributed by atoms with Crippen molar-refractivity contribution in [2.24, 2.45) is 0 Å². The molecule has 0 saturated carbocycles. The molecule has 3 rings (SSSR count). The van der Waals surface area contributed by atoms with Crippen LogP contribution in [0.2, 0.25) is 0 Å². The van der Waals surface area contributed by atoms with E-state index in [1.165, 1.54) is 5.56 Å². The Morgan fingerprint density at radius 1 is 1.38 bits per heavy atom. The minimum absolute atomic E-state index is 0. The molecule has 1 unspecified atom stereocenters. The van der Waals surface area contributed by atoms with Gasteiger partial charge in [-0.15, -0.1) is 12.4 Å². The first-order valence-electron chi connectivity index (χ1n) is 8.36. The highest BCUT2D eigenvalue weighted by Crippen LogP contribution is 2.14. The fourth-order valence-electron chi connectivity index (χ4n) is 3.09. The third kappa shape index (κ3) is 4.36. The predicted molar refractivity (Wildman–Crippen MR) is 97.6 cm³/mol. The Labute approximate surface area is 149 Å². The van der Waals surface area contributed by atoms with Gasteiger partial charge in [-0.3, -0.25) is 9.48 Å². The molecule has 0 aliphatic carbocycles. The van der Waals surface area contributed by atoms with E-state index in [2.05, 4.69) is 29.5 Å². The van der Waals surface area contributed by atoms with Gasteiger partial charge in [0, 0.05) is 25.3 Å². The van der Waals surface area contributed by atoms with E-state index in [1.807, 2.05) is 34.0 Å². The second kappa shape index (κ2) is 8.85. The summed E-state index contributed by atoms with van der Waals surface area (Å²) < 4.78 is 1.83. The maximum absolute atomic E-state index is 12.8. The molecule has 130 valence electrons. The largest absolute Gasteiger partial charge is 0.334 e. The third-order valence-electron chi connectivity index (χ3n) is 4.27. The molecule has 1 aliphatic heterocycles. The lowest BCUT2D eigenvalue weighted by Gasteiger charge is -2.27. The van der Waals surface area contributed by atoms with Gasteiger partial charge in [0.05, 0.1) is 18.3 Å². The lowest BCUT2D eigenvalue weighted by atomic mass is 10.1. The van der Waals surface area contributed by atoms with Crippen molar-refractivity contribution < 1.29 is 4.79 Å². The van der Waals surface area contributed by atoms with Crippen LogP contribution in [0.5, 0.6) is 0 Å². The van der Waals surface area contributed by atoms with Crippen LogP contribution < -0.4 is 5.32 Å². The fourth-order valence-corrected chi connectivity index (χ4v) is 3.09. The monoisotopic (exact) mass is 348 g/mol. The quantitative estimate of drug-likeness (QED) is 0.872. The Kier molecular flexibility index (Phi) is 6.82. The maximum atomic E-state index is 12.8. The molecule has 2 heterocycles. The van der Waals surface area contributed by atoms with Crippen molar-refractivity contribution in [1.82, 2.24) is 20.0 Å². The summed E-state index contributed by atoms with van der Waals surface area (Å²) in [4.78, 5) is 14.8. The molecular formula is C18H25ClN4O. The zero-order chi connectivity index (χ0) is 16.1. The number of aromatic nitrogens is 2. The summed E-state index contributed by atoms with van der Waals surface area (Å²) in [5, 5.41) is 7.70. The molecule has 6 heteroatoms. The second-order valence-corrected chi connectivity index (χ2v) is 6.06. The highest BCUT2D eigenvalue weighted by molar-refractivity contribution is 5.94. The lowest BCUT2D eigenvalue weighted by Crippen LogP contribution is -2.42. The molecule has 1 aromatic heterocycles. The van der Waals surface area contributed by atoms with Crippen molar-refractivity contribution in [3.05, 3.63) is 53.9 Å². The Morgan fingerprint density at radius 2 is 2.17 bits per heavy atom. The van der Waals surface area contributed by atoms with Crippen molar-refractivity contribution in [3.63, 3.8) is 0 Å². The van der Waals surface area contributed by atoms with Crippen molar-refractivity contribution in [2.75, 3.05) is 19.6 Å².